The van der Waals surface area contributed by atoms with Crippen LogP contribution in [0.5, 0.6) is 11.5 Å². The molecule has 1 amide bonds. The van der Waals surface area contributed by atoms with Crippen molar-refractivity contribution in [3.63, 3.8) is 0 Å². The van der Waals surface area contributed by atoms with Crippen LogP contribution in [0.25, 0.3) is 0 Å². The monoisotopic (exact) mass is 391 g/mol. The molecule has 0 spiro atoms. The van der Waals surface area contributed by atoms with E-state index in [4.69, 9.17) is 9.47 Å². The van der Waals surface area contributed by atoms with E-state index in [0.717, 1.165) is 10.0 Å². The molecule has 0 saturated heterocycles. The number of anilines is 1. The van der Waals surface area contributed by atoms with Crippen LogP contribution < -0.4 is 14.8 Å². The average molecular weight is 392 g/mol. The zero-order chi connectivity index (χ0) is 17.7. The van der Waals surface area contributed by atoms with Crippen molar-refractivity contribution in [2.45, 2.75) is 26.2 Å². The molecule has 2 rings (SSSR count). The Balaban J connectivity index is 2.07. The van der Waals surface area contributed by atoms with Crippen LogP contribution in [0.2, 0.25) is 0 Å². The van der Waals surface area contributed by atoms with Gasteiger partial charge in [0.05, 0.1) is 12.8 Å². The number of halogens is 1. The summed E-state index contributed by atoms with van der Waals surface area (Å²) in [5, 5.41) is 2.80. The highest BCUT2D eigenvalue weighted by Gasteiger charge is 2.20. The number of ether oxygens (including phenoxy) is 2. The fourth-order valence-corrected chi connectivity index (χ4v) is 2.65. The third-order valence-corrected chi connectivity index (χ3v) is 3.98. The van der Waals surface area contributed by atoms with E-state index in [1.165, 1.54) is 0 Å². The molecule has 0 fully saturated rings. The minimum Gasteiger partial charge on any atom is -0.495 e. The molecule has 128 valence electrons. The average Bonchev–Trinajstić information content (AvgIpc) is 2.53. The van der Waals surface area contributed by atoms with Gasteiger partial charge in [-0.2, -0.15) is 0 Å². The summed E-state index contributed by atoms with van der Waals surface area (Å²) >= 11 is 3.48. The predicted molar refractivity (Wildman–Crippen MR) is 100.0 cm³/mol. The van der Waals surface area contributed by atoms with Crippen LogP contribution in [0.15, 0.2) is 46.9 Å². The first-order chi connectivity index (χ1) is 11.3. The van der Waals surface area contributed by atoms with Crippen LogP contribution >= 0.6 is 15.9 Å². The molecule has 0 aliphatic carbocycles. The maximum Gasteiger partial charge on any atom is 0.262 e. The van der Waals surface area contributed by atoms with Gasteiger partial charge in [-0.05, 0) is 35.7 Å². The quantitative estimate of drug-likeness (QED) is 0.797. The van der Waals surface area contributed by atoms with Gasteiger partial charge in [-0.3, -0.25) is 4.79 Å². The van der Waals surface area contributed by atoms with Crippen LogP contribution in [0, 0.1) is 0 Å². The SMILES string of the molecule is COc1ccccc1NC(=O)COc1ccc(Br)cc1C(C)(C)C. The maximum atomic E-state index is 12.2. The summed E-state index contributed by atoms with van der Waals surface area (Å²) in [5.41, 5.74) is 1.58. The molecule has 0 radical (unpaired) electrons. The smallest absolute Gasteiger partial charge is 0.262 e. The molecule has 0 aromatic heterocycles. The third-order valence-electron chi connectivity index (χ3n) is 3.49. The lowest BCUT2D eigenvalue weighted by Crippen LogP contribution is -2.22. The summed E-state index contributed by atoms with van der Waals surface area (Å²) in [7, 11) is 1.57. The van der Waals surface area contributed by atoms with Gasteiger partial charge in [-0.1, -0.05) is 48.8 Å². The highest BCUT2D eigenvalue weighted by Crippen LogP contribution is 2.33. The Morgan fingerprint density at radius 3 is 2.50 bits per heavy atom. The van der Waals surface area contributed by atoms with Gasteiger partial charge in [0.2, 0.25) is 0 Å². The third kappa shape index (κ3) is 4.74. The largest absolute Gasteiger partial charge is 0.495 e. The van der Waals surface area contributed by atoms with Crippen LogP contribution in [0.1, 0.15) is 26.3 Å². The van der Waals surface area contributed by atoms with Crippen molar-refractivity contribution >= 4 is 27.5 Å². The van der Waals surface area contributed by atoms with Gasteiger partial charge >= 0.3 is 0 Å². The second-order valence-electron chi connectivity index (χ2n) is 6.43. The Kier molecular flexibility index (Phi) is 5.89. The standard InChI is InChI=1S/C19H22BrNO3/c1-19(2,3)14-11-13(20)9-10-16(14)24-12-18(22)21-15-7-5-6-8-17(15)23-4/h5-11H,12H2,1-4H3,(H,21,22). The second-order valence-corrected chi connectivity index (χ2v) is 7.34. The Hall–Kier alpha value is -2.01. The number of hydrogen-bond acceptors (Lipinski definition) is 3. The first-order valence-corrected chi connectivity index (χ1v) is 8.46. The molecular formula is C19H22BrNO3. The van der Waals surface area contributed by atoms with E-state index in [1.54, 1.807) is 19.2 Å². The molecular weight excluding hydrogens is 370 g/mol. The van der Waals surface area contributed by atoms with E-state index in [9.17, 15) is 4.79 Å². The van der Waals surface area contributed by atoms with Crippen molar-refractivity contribution in [2.24, 2.45) is 0 Å². The zero-order valence-electron chi connectivity index (χ0n) is 14.4. The Morgan fingerprint density at radius 1 is 1.12 bits per heavy atom. The van der Waals surface area contributed by atoms with Crippen LogP contribution in [-0.2, 0) is 10.2 Å². The molecule has 0 aliphatic rings. The predicted octanol–water partition coefficient (Wildman–Crippen LogP) is 4.77. The van der Waals surface area contributed by atoms with Crippen LogP contribution in [0.4, 0.5) is 5.69 Å². The molecule has 2 aromatic carbocycles. The fraction of sp³-hybridized carbons (Fsp3) is 0.316. The lowest BCUT2D eigenvalue weighted by molar-refractivity contribution is -0.118. The normalized spacial score (nSPS) is 11.0. The number of carbonyl (C=O) groups is 1. The molecule has 2 aromatic rings. The number of benzene rings is 2. The lowest BCUT2D eigenvalue weighted by Gasteiger charge is -2.23. The topological polar surface area (TPSA) is 47.6 Å². The Bertz CT molecular complexity index is 723. The van der Waals surface area contributed by atoms with Crippen molar-refractivity contribution in [3.05, 3.63) is 52.5 Å². The second kappa shape index (κ2) is 7.71. The van der Waals surface area contributed by atoms with E-state index >= 15 is 0 Å². The van der Waals surface area contributed by atoms with Gasteiger partial charge in [-0.25, -0.2) is 0 Å². The summed E-state index contributed by atoms with van der Waals surface area (Å²) in [6.45, 7) is 6.26. The van der Waals surface area contributed by atoms with Gasteiger partial charge < -0.3 is 14.8 Å². The van der Waals surface area contributed by atoms with Crippen molar-refractivity contribution in [1.29, 1.82) is 0 Å². The first-order valence-electron chi connectivity index (χ1n) is 7.67. The number of nitrogens with one attached hydrogen (secondary N) is 1. The van der Waals surface area contributed by atoms with Gasteiger partial charge in [0.1, 0.15) is 11.5 Å². The lowest BCUT2D eigenvalue weighted by atomic mass is 9.86. The molecule has 0 saturated carbocycles. The van der Waals surface area contributed by atoms with Gasteiger partial charge in [0.25, 0.3) is 5.91 Å². The number of methoxy groups -OCH3 is 1. The van der Waals surface area contributed by atoms with E-state index in [2.05, 4.69) is 42.0 Å². The summed E-state index contributed by atoms with van der Waals surface area (Å²) in [6.07, 6.45) is 0. The highest BCUT2D eigenvalue weighted by atomic mass is 79.9. The minimum atomic E-state index is -0.234. The summed E-state index contributed by atoms with van der Waals surface area (Å²) in [5.74, 6) is 1.09. The number of hydrogen-bond donors (Lipinski definition) is 1. The molecule has 0 bridgehead atoms. The molecule has 24 heavy (non-hydrogen) atoms. The van der Waals surface area contributed by atoms with Crippen LogP contribution in [-0.4, -0.2) is 19.6 Å². The van der Waals surface area contributed by atoms with Crippen molar-refractivity contribution < 1.29 is 14.3 Å². The number of para-hydroxylation sites is 2. The van der Waals surface area contributed by atoms with Gasteiger partial charge in [-0.15, -0.1) is 0 Å². The number of amides is 1. The zero-order valence-corrected chi connectivity index (χ0v) is 15.9. The number of rotatable bonds is 5. The van der Waals surface area contributed by atoms with E-state index in [1.807, 2.05) is 30.3 Å². The Morgan fingerprint density at radius 2 is 1.83 bits per heavy atom. The molecule has 0 heterocycles. The maximum absolute atomic E-state index is 12.2. The van der Waals surface area contributed by atoms with Crippen molar-refractivity contribution in [2.75, 3.05) is 19.0 Å². The fourth-order valence-electron chi connectivity index (χ4n) is 2.29. The molecule has 0 unspecified atom stereocenters. The Labute approximate surface area is 151 Å². The van der Waals surface area contributed by atoms with E-state index in [0.29, 0.717) is 17.2 Å². The first kappa shape index (κ1) is 18.3. The minimum absolute atomic E-state index is 0.0667. The number of carbonyl (C=O) groups excluding carboxylic acids is 1. The van der Waals surface area contributed by atoms with Crippen molar-refractivity contribution in [1.82, 2.24) is 0 Å². The molecule has 4 nitrogen and oxygen atoms in total. The summed E-state index contributed by atoms with van der Waals surface area (Å²) in [4.78, 5) is 12.2. The molecule has 5 heteroatoms. The van der Waals surface area contributed by atoms with Gasteiger partial charge in [0.15, 0.2) is 6.61 Å². The summed E-state index contributed by atoms with van der Waals surface area (Å²) < 4.78 is 12.0. The van der Waals surface area contributed by atoms with Crippen molar-refractivity contribution in [3.8, 4) is 11.5 Å². The molecule has 1 N–H and O–H groups in total. The van der Waals surface area contributed by atoms with Crippen LogP contribution in [0.3, 0.4) is 0 Å². The highest BCUT2D eigenvalue weighted by molar-refractivity contribution is 9.10. The van der Waals surface area contributed by atoms with Gasteiger partial charge in [0, 0.05) is 10.0 Å². The molecule has 0 atom stereocenters. The molecule has 0 aliphatic heterocycles. The summed E-state index contributed by atoms with van der Waals surface area (Å²) in [6, 6.07) is 13.1. The van der Waals surface area contributed by atoms with E-state index in [-0.39, 0.29) is 17.9 Å². The van der Waals surface area contributed by atoms with E-state index < -0.39 is 0 Å².